The second-order valence-electron chi connectivity index (χ2n) is 9.48. The predicted octanol–water partition coefficient (Wildman–Crippen LogP) is 4.58. The fourth-order valence-electron chi connectivity index (χ4n) is 4.02. The molecule has 11 heteroatoms. The molecule has 3 aromatic heterocycles. The number of benzene rings is 1. The molecule has 200 valence electrons. The second-order valence-corrected chi connectivity index (χ2v) is 9.48. The molecule has 0 spiro atoms. The van der Waals surface area contributed by atoms with Gasteiger partial charge in [-0.3, -0.25) is 4.79 Å². The lowest BCUT2D eigenvalue weighted by Crippen LogP contribution is -2.51. The number of nitrogens with zero attached hydrogens (tertiary/aromatic N) is 6. The van der Waals surface area contributed by atoms with Gasteiger partial charge >= 0.3 is 0 Å². The van der Waals surface area contributed by atoms with Crippen LogP contribution >= 0.6 is 0 Å². The number of rotatable bonds is 7. The van der Waals surface area contributed by atoms with Gasteiger partial charge in [0.2, 0.25) is 5.91 Å². The molecular weight excluding hydrogens is 502 g/mol. The zero-order chi connectivity index (χ0) is 27.4. The van der Waals surface area contributed by atoms with Crippen LogP contribution in [0.15, 0.2) is 49.2 Å². The van der Waals surface area contributed by atoms with Gasteiger partial charge in [0.25, 0.3) is 0 Å². The lowest BCUT2D eigenvalue weighted by atomic mass is 10.0. The number of carbonyl (C=O) groups excluding carboxylic acids is 1. The number of fused-ring (bicyclic) bond motifs is 1. The van der Waals surface area contributed by atoms with Gasteiger partial charge in [-0.05, 0) is 18.6 Å². The number of hydrogen-bond donors (Lipinski definition) is 2. The minimum Gasteiger partial charge on any atom is -0.376 e. The zero-order valence-electron chi connectivity index (χ0n) is 21.5. The Bertz CT molecular complexity index is 1560. The van der Waals surface area contributed by atoms with Crippen LogP contribution < -0.4 is 5.32 Å². The highest BCUT2D eigenvalue weighted by atomic mass is 19.1. The van der Waals surface area contributed by atoms with Crippen LogP contribution in [0.3, 0.4) is 0 Å². The topological polar surface area (TPSA) is 116 Å². The van der Waals surface area contributed by atoms with Crippen LogP contribution in [0.5, 0.6) is 0 Å². The molecule has 0 unspecified atom stereocenters. The van der Waals surface area contributed by atoms with Gasteiger partial charge in [-0.15, -0.1) is 0 Å². The minimum absolute atomic E-state index is 0.0375. The Balaban J connectivity index is 0.000000962. The van der Waals surface area contributed by atoms with E-state index in [-0.39, 0.29) is 24.1 Å². The van der Waals surface area contributed by atoms with E-state index in [2.05, 4.69) is 26.3 Å². The number of nitrogens with one attached hydrogen (secondary N) is 2. The van der Waals surface area contributed by atoms with Crippen molar-refractivity contribution in [2.24, 2.45) is 5.92 Å². The Labute approximate surface area is 224 Å². The van der Waals surface area contributed by atoms with Crippen molar-refractivity contribution < 1.29 is 13.6 Å². The molecule has 1 aromatic carbocycles. The van der Waals surface area contributed by atoms with E-state index in [1.807, 2.05) is 13.0 Å². The first-order valence-corrected chi connectivity index (χ1v) is 12.9. The van der Waals surface area contributed by atoms with E-state index in [0.717, 1.165) is 35.9 Å². The van der Waals surface area contributed by atoms with Gasteiger partial charge in [0.05, 0.1) is 30.4 Å². The summed E-state index contributed by atoms with van der Waals surface area (Å²) in [6, 6.07) is 5.37. The summed E-state index contributed by atoms with van der Waals surface area (Å²) in [5, 5.41) is 12.1. The average Bonchev–Trinajstić information content (AvgIpc) is 3.61. The molecule has 2 fully saturated rings. The highest BCUT2D eigenvalue weighted by molar-refractivity contribution is 5.89. The first-order chi connectivity index (χ1) is 19.0. The Hall–Kier alpha value is -4.59. The molecule has 4 heterocycles. The van der Waals surface area contributed by atoms with E-state index in [9.17, 15) is 13.6 Å². The second kappa shape index (κ2) is 11.4. The number of imidazole rings is 1. The zero-order valence-corrected chi connectivity index (χ0v) is 21.5. The average molecular weight is 531 g/mol. The summed E-state index contributed by atoms with van der Waals surface area (Å²) in [5.74, 6) is -1.31. The highest BCUT2D eigenvalue weighted by Gasteiger charge is 2.30. The minimum atomic E-state index is -0.578. The van der Waals surface area contributed by atoms with Crippen molar-refractivity contribution in [3.05, 3.63) is 66.4 Å². The predicted molar refractivity (Wildman–Crippen MR) is 142 cm³/mol. The molecule has 1 saturated carbocycles. The van der Waals surface area contributed by atoms with Gasteiger partial charge in [-0.2, -0.15) is 5.26 Å². The summed E-state index contributed by atoms with van der Waals surface area (Å²) >= 11 is 0. The molecule has 0 atom stereocenters. The lowest BCUT2D eigenvalue weighted by Gasteiger charge is -2.35. The smallest absolute Gasteiger partial charge is 0.241 e. The summed E-state index contributed by atoms with van der Waals surface area (Å²) in [5.41, 5.74) is 3.53. The van der Waals surface area contributed by atoms with Crippen molar-refractivity contribution in [3.8, 4) is 23.1 Å². The number of hydrogen-bond acceptors (Lipinski definition) is 6. The van der Waals surface area contributed by atoms with Crippen LogP contribution in [0.25, 0.3) is 33.9 Å². The number of nitriles is 1. The Morgan fingerprint density at radius 2 is 2.03 bits per heavy atom. The van der Waals surface area contributed by atoms with E-state index in [0.29, 0.717) is 35.6 Å². The molecule has 1 saturated heterocycles. The van der Waals surface area contributed by atoms with Gasteiger partial charge < -0.3 is 19.8 Å². The summed E-state index contributed by atoms with van der Waals surface area (Å²) in [7, 11) is 0. The van der Waals surface area contributed by atoms with Crippen molar-refractivity contribution in [3.63, 3.8) is 0 Å². The number of allylic oxidation sites excluding steroid dienone is 1. The number of carbonyl (C=O) groups is 1. The maximum atomic E-state index is 14.2. The maximum absolute atomic E-state index is 14.2. The number of likely N-dealkylation sites (tertiary alicyclic amines) is 1. The van der Waals surface area contributed by atoms with E-state index in [1.165, 1.54) is 30.2 Å². The van der Waals surface area contributed by atoms with Crippen molar-refractivity contribution in [1.82, 2.24) is 34.7 Å². The van der Waals surface area contributed by atoms with Crippen molar-refractivity contribution in [1.29, 1.82) is 5.26 Å². The molecule has 2 N–H and O–H groups in total. The molecule has 39 heavy (non-hydrogen) atoms. The Morgan fingerprint density at radius 1 is 1.23 bits per heavy atom. The van der Waals surface area contributed by atoms with Gasteiger partial charge in [0, 0.05) is 42.8 Å². The van der Waals surface area contributed by atoms with Crippen LogP contribution in [0.1, 0.15) is 38.2 Å². The van der Waals surface area contributed by atoms with E-state index in [1.54, 1.807) is 23.5 Å². The number of aromatic amines is 1. The first-order valence-electron chi connectivity index (χ1n) is 12.9. The molecule has 4 aromatic rings. The van der Waals surface area contributed by atoms with E-state index >= 15 is 0 Å². The van der Waals surface area contributed by atoms with Gasteiger partial charge in [0.15, 0.2) is 5.65 Å². The van der Waals surface area contributed by atoms with Gasteiger partial charge in [-0.25, -0.2) is 23.7 Å². The van der Waals surface area contributed by atoms with Crippen molar-refractivity contribution in [2.45, 2.75) is 32.6 Å². The van der Waals surface area contributed by atoms with Crippen LogP contribution in [0.2, 0.25) is 0 Å². The van der Waals surface area contributed by atoms with Crippen LogP contribution in [0.4, 0.5) is 8.78 Å². The number of H-pyrrole nitrogens is 1. The third-order valence-corrected chi connectivity index (χ3v) is 6.31. The molecule has 0 radical (unpaired) electrons. The van der Waals surface area contributed by atoms with Crippen molar-refractivity contribution in [2.75, 3.05) is 19.6 Å². The normalized spacial score (nSPS) is 14.8. The quantitative estimate of drug-likeness (QED) is 0.361. The number of aromatic nitrogens is 5. The molecule has 0 bridgehead atoms. The fraction of sp³-hybridized carbons (Fsp3) is 0.321. The molecule has 2 aliphatic rings. The molecular formula is C28H28F2N8O. The summed E-state index contributed by atoms with van der Waals surface area (Å²) in [6.45, 7) is 2.99. The summed E-state index contributed by atoms with van der Waals surface area (Å²) in [4.78, 5) is 30.7. The molecule has 1 aliphatic heterocycles. The Morgan fingerprint density at radius 3 is 2.74 bits per heavy atom. The fourth-order valence-corrected chi connectivity index (χ4v) is 4.02. The van der Waals surface area contributed by atoms with E-state index < -0.39 is 11.6 Å². The van der Waals surface area contributed by atoms with Crippen molar-refractivity contribution >= 4 is 22.8 Å². The van der Waals surface area contributed by atoms with Crippen LogP contribution in [-0.2, 0) is 4.79 Å². The standard InChI is InChI=1S/C25H22F2N8O.C3H6/c1-2-3-19(29-10-23(36)34-11-15(7-28)12-34)17-8-30-25-24(17)33-20(9-31-25)21-13-35(14-32-21)22-6-16(26)4-5-18(22)27;1-2-3-1/h3-6,8-9,13-15,29H,2,10-12H2,1H3,(H,30,31);1-3H2/b19-3+;. The number of amides is 1. The number of halogens is 2. The summed E-state index contributed by atoms with van der Waals surface area (Å²) in [6.07, 6.45) is 13.4. The van der Waals surface area contributed by atoms with Gasteiger partial charge in [-0.1, -0.05) is 32.3 Å². The highest BCUT2D eigenvalue weighted by Crippen LogP contribution is 2.25. The molecule has 6 rings (SSSR count). The van der Waals surface area contributed by atoms with E-state index in [4.69, 9.17) is 10.2 Å². The third kappa shape index (κ3) is 5.95. The Kier molecular flexibility index (Phi) is 7.63. The lowest BCUT2D eigenvalue weighted by molar-refractivity contribution is -0.134. The molecule has 1 amide bonds. The maximum Gasteiger partial charge on any atom is 0.241 e. The summed E-state index contributed by atoms with van der Waals surface area (Å²) < 4.78 is 29.2. The van der Waals surface area contributed by atoms with Crippen LogP contribution in [0, 0.1) is 28.9 Å². The first kappa shape index (κ1) is 26.0. The van der Waals surface area contributed by atoms with Gasteiger partial charge in [0.1, 0.15) is 34.9 Å². The van der Waals surface area contributed by atoms with Crippen LogP contribution in [-0.4, -0.2) is 54.9 Å². The largest absolute Gasteiger partial charge is 0.376 e. The molecule has 9 nitrogen and oxygen atoms in total. The molecule has 1 aliphatic carbocycles. The third-order valence-electron chi connectivity index (χ3n) is 6.31. The monoisotopic (exact) mass is 530 g/mol. The SMILES string of the molecule is C1CC1.CC/C=C(/NCC(=O)N1CC(C#N)C1)c1c[nH]c2ncc(-c3cn(-c4cc(F)ccc4F)cn3)nc12.